The van der Waals surface area contributed by atoms with Crippen LogP contribution >= 0.6 is 11.3 Å². The molecule has 0 bridgehead atoms. The smallest absolute Gasteiger partial charge is 0.243 e. The molecule has 1 amide bonds. The fourth-order valence-electron chi connectivity index (χ4n) is 5.11. The highest BCUT2D eigenvalue weighted by molar-refractivity contribution is 7.89. The zero-order valence-electron chi connectivity index (χ0n) is 21.3. The summed E-state index contributed by atoms with van der Waals surface area (Å²) in [5, 5.41) is 0.699. The van der Waals surface area contributed by atoms with Crippen LogP contribution in [0.1, 0.15) is 38.2 Å². The number of hydrogen-bond donors (Lipinski definition) is 0. The highest BCUT2D eigenvalue weighted by Crippen LogP contribution is 2.34. The number of carbonyl (C=O) groups excluding carboxylic acids is 1. The Morgan fingerprint density at radius 3 is 2.57 bits per heavy atom. The van der Waals surface area contributed by atoms with E-state index in [0.29, 0.717) is 50.0 Å². The van der Waals surface area contributed by atoms with Gasteiger partial charge in [-0.1, -0.05) is 30.4 Å². The van der Waals surface area contributed by atoms with Crippen LogP contribution < -0.4 is 9.64 Å². The van der Waals surface area contributed by atoms with Crippen LogP contribution in [0.2, 0.25) is 0 Å². The number of benzene rings is 2. The fraction of sp³-hybridized carbons (Fsp3) is 0.481. The second-order valence-corrected chi connectivity index (χ2v) is 12.5. The number of aromatic nitrogens is 1. The van der Waals surface area contributed by atoms with Crippen molar-refractivity contribution in [2.45, 2.75) is 50.0 Å². The van der Waals surface area contributed by atoms with E-state index in [2.05, 4.69) is 13.0 Å². The van der Waals surface area contributed by atoms with E-state index >= 15 is 0 Å². The van der Waals surface area contributed by atoms with E-state index in [1.807, 2.05) is 12.1 Å². The van der Waals surface area contributed by atoms with Crippen LogP contribution in [0, 0.1) is 5.92 Å². The van der Waals surface area contributed by atoms with Gasteiger partial charge in [0.1, 0.15) is 5.75 Å². The first-order chi connectivity index (χ1) is 17.9. The molecule has 0 aliphatic carbocycles. The molecular weight excluding hydrogens is 510 g/mol. The number of amides is 1. The van der Waals surface area contributed by atoms with Gasteiger partial charge in [0.2, 0.25) is 15.9 Å². The number of fused-ring (bicyclic) bond motifs is 1. The van der Waals surface area contributed by atoms with Gasteiger partial charge in [-0.3, -0.25) is 9.69 Å². The molecule has 5 rings (SSSR count). The Morgan fingerprint density at radius 1 is 1.16 bits per heavy atom. The molecule has 0 saturated carbocycles. The highest BCUT2D eigenvalue weighted by Gasteiger charge is 2.36. The summed E-state index contributed by atoms with van der Waals surface area (Å²) in [6, 6.07) is 12.6. The van der Waals surface area contributed by atoms with E-state index in [-0.39, 0.29) is 22.8 Å². The number of aryl methyl sites for hydroxylation is 1. The molecular formula is C27H33N3O5S2. The number of para-hydroxylation sites is 1. The highest BCUT2D eigenvalue weighted by atomic mass is 32.2. The first-order valence-electron chi connectivity index (χ1n) is 12.9. The zero-order chi connectivity index (χ0) is 26.0. The largest absolute Gasteiger partial charge is 0.497 e. The summed E-state index contributed by atoms with van der Waals surface area (Å²) in [6.45, 7) is 3.91. The van der Waals surface area contributed by atoms with Gasteiger partial charge in [0.05, 0.1) is 34.9 Å². The molecule has 198 valence electrons. The molecule has 37 heavy (non-hydrogen) atoms. The lowest BCUT2D eigenvalue weighted by Gasteiger charge is -2.33. The minimum Gasteiger partial charge on any atom is -0.497 e. The van der Waals surface area contributed by atoms with Crippen molar-refractivity contribution >= 4 is 42.6 Å². The van der Waals surface area contributed by atoms with Gasteiger partial charge in [-0.2, -0.15) is 4.31 Å². The van der Waals surface area contributed by atoms with E-state index in [1.54, 1.807) is 36.3 Å². The molecule has 0 radical (unpaired) electrons. The summed E-state index contributed by atoms with van der Waals surface area (Å²) in [5.74, 6) is 0.353. The van der Waals surface area contributed by atoms with Crippen molar-refractivity contribution < 1.29 is 22.7 Å². The van der Waals surface area contributed by atoms with E-state index in [1.165, 1.54) is 21.2 Å². The van der Waals surface area contributed by atoms with Crippen LogP contribution in [-0.4, -0.2) is 63.1 Å². The first kappa shape index (κ1) is 26.1. The SMILES string of the molecule is CCc1cccc2sc(N(CC3CCCO3)C(=O)C3CCN(S(=O)(=O)c4ccc(OC)cc4)CC3)nc12. The molecule has 1 aromatic heterocycles. The van der Waals surface area contributed by atoms with Crippen molar-refractivity contribution in [2.24, 2.45) is 5.92 Å². The van der Waals surface area contributed by atoms with E-state index in [0.717, 1.165) is 29.5 Å². The summed E-state index contributed by atoms with van der Waals surface area (Å²) in [5.41, 5.74) is 2.12. The summed E-state index contributed by atoms with van der Waals surface area (Å²) in [7, 11) is -2.08. The Bertz CT molecular complexity index is 1340. The zero-order valence-corrected chi connectivity index (χ0v) is 22.9. The third kappa shape index (κ3) is 5.38. The van der Waals surface area contributed by atoms with Crippen LogP contribution in [0.3, 0.4) is 0 Å². The molecule has 1 unspecified atom stereocenters. The topological polar surface area (TPSA) is 89.0 Å². The predicted molar refractivity (Wildman–Crippen MR) is 145 cm³/mol. The second-order valence-electron chi connectivity index (χ2n) is 9.55. The molecule has 1 atom stereocenters. The van der Waals surface area contributed by atoms with Crippen molar-refractivity contribution in [3.8, 4) is 5.75 Å². The average molecular weight is 544 g/mol. The van der Waals surface area contributed by atoms with Crippen LogP contribution in [0.25, 0.3) is 10.2 Å². The van der Waals surface area contributed by atoms with Crippen molar-refractivity contribution in [1.29, 1.82) is 0 Å². The maximum atomic E-state index is 13.9. The van der Waals surface area contributed by atoms with Gasteiger partial charge in [-0.25, -0.2) is 13.4 Å². The molecule has 0 N–H and O–H groups in total. The van der Waals surface area contributed by atoms with Crippen LogP contribution in [0.4, 0.5) is 5.13 Å². The molecule has 2 aliphatic heterocycles. The third-order valence-corrected chi connectivity index (χ3v) is 10.2. The van der Waals surface area contributed by atoms with Gasteiger partial charge in [0.15, 0.2) is 5.13 Å². The molecule has 2 saturated heterocycles. The van der Waals surface area contributed by atoms with Crippen LogP contribution in [-0.2, 0) is 26.0 Å². The standard InChI is InChI=1S/C27H33N3O5S2/c1-3-19-6-4-8-24-25(19)28-27(36-24)30(18-22-7-5-17-35-22)26(31)20-13-15-29(16-14-20)37(32,33)23-11-9-21(34-2)10-12-23/h4,6,8-12,20,22H,3,5,7,13-18H2,1-2H3. The normalized spacial score (nSPS) is 19.4. The number of carbonyl (C=O) groups is 1. The lowest BCUT2D eigenvalue weighted by atomic mass is 9.96. The summed E-state index contributed by atoms with van der Waals surface area (Å²) >= 11 is 1.54. The third-order valence-electron chi connectivity index (χ3n) is 7.28. The number of sulfonamides is 1. The summed E-state index contributed by atoms with van der Waals surface area (Å²) in [6.07, 6.45) is 3.74. The van der Waals surface area contributed by atoms with Crippen molar-refractivity contribution in [1.82, 2.24) is 9.29 Å². The maximum absolute atomic E-state index is 13.9. The molecule has 0 spiro atoms. The fourth-order valence-corrected chi connectivity index (χ4v) is 7.61. The number of rotatable bonds is 8. The van der Waals surface area contributed by atoms with Gasteiger partial charge in [-0.15, -0.1) is 0 Å². The lowest BCUT2D eigenvalue weighted by molar-refractivity contribution is -0.123. The van der Waals surface area contributed by atoms with Crippen LogP contribution in [0.15, 0.2) is 47.4 Å². The molecule has 3 heterocycles. The quantitative estimate of drug-likeness (QED) is 0.416. The maximum Gasteiger partial charge on any atom is 0.243 e. The molecule has 2 aromatic carbocycles. The lowest BCUT2D eigenvalue weighted by Crippen LogP contribution is -2.46. The minimum absolute atomic E-state index is 0.00264. The number of ether oxygens (including phenoxy) is 2. The Labute approximate surface area is 222 Å². The molecule has 10 heteroatoms. The second kappa shape index (κ2) is 11.1. The van der Waals surface area contributed by atoms with Gasteiger partial charge in [0, 0.05) is 25.6 Å². The average Bonchev–Trinajstić information content (AvgIpc) is 3.61. The van der Waals surface area contributed by atoms with Crippen molar-refractivity contribution in [3.63, 3.8) is 0 Å². The van der Waals surface area contributed by atoms with E-state index in [9.17, 15) is 13.2 Å². The van der Waals surface area contributed by atoms with Crippen molar-refractivity contribution in [2.75, 3.05) is 38.3 Å². The van der Waals surface area contributed by atoms with Gasteiger partial charge >= 0.3 is 0 Å². The number of piperidine rings is 1. The Balaban J connectivity index is 1.34. The monoisotopic (exact) mass is 543 g/mol. The Hall–Kier alpha value is -2.53. The number of hydrogen-bond acceptors (Lipinski definition) is 7. The molecule has 8 nitrogen and oxygen atoms in total. The van der Waals surface area contributed by atoms with Gasteiger partial charge in [0.25, 0.3) is 0 Å². The van der Waals surface area contributed by atoms with Crippen molar-refractivity contribution in [3.05, 3.63) is 48.0 Å². The predicted octanol–water partition coefficient (Wildman–Crippen LogP) is 4.48. The molecule has 3 aromatic rings. The van der Waals surface area contributed by atoms with Gasteiger partial charge < -0.3 is 9.47 Å². The first-order valence-corrected chi connectivity index (χ1v) is 15.1. The van der Waals surface area contributed by atoms with E-state index in [4.69, 9.17) is 14.5 Å². The Kier molecular flexibility index (Phi) is 7.80. The number of anilines is 1. The van der Waals surface area contributed by atoms with E-state index < -0.39 is 10.0 Å². The van der Waals surface area contributed by atoms with Gasteiger partial charge in [-0.05, 0) is 68.0 Å². The summed E-state index contributed by atoms with van der Waals surface area (Å²) < 4.78 is 39.9. The molecule has 2 fully saturated rings. The number of nitrogens with zero attached hydrogens (tertiary/aromatic N) is 3. The number of methoxy groups -OCH3 is 1. The number of thiazole rings is 1. The van der Waals surface area contributed by atoms with Crippen LogP contribution in [0.5, 0.6) is 5.75 Å². The molecule has 2 aliphatic rings. The summed E-state index contributed by atoms with van der Waals surface area (Å²) in [4.78, 5) is 20.8. The minimum atomic E-state index is -3.63. The Morgan fingerprint density at radius 2 is 1.92 bits per heavy atom.